The molecule has 3 rings (SSSR count). The third-order valence-corrected chi connectivity index (χ3v) is 4.30. The second-order valence-electron chi connectivity index (χ2n) is 5.25. The fourth-order valence-corrected chi connectivity index (χ4v) is 2.73. The molecule has 110 valence electrons. The number of aromatic nitrogens is 2. The first-order valence-corrected chi connectivity index (χ1v) is 7.57. The highest BCUT2D eigenvalue weighted by Gasteiger charge is 2.39. The molecule has 1 saturated carbocycles. The Morgan fingerprint density at radius 2 is 2.24 bits per heavy atom. The van der Waals surface area contributed by atoms with Crippen molar-refractivity contribution in [1.29, 1.82) is 0 Å². The summed E-state index contributed by atoms with van der Waals surface area (Å²) in [6, 6.07) is 1.77. The topological polar surface area (TPSA) is 66.9 Å². The summed E-state index contributed by atoms with van der Waals surface area (Å²) in [5.74, 6) is 1.42. The van der Waals surface area contributed by atoms with Crippen molar-refractivity contribution in [2.45, 2.75) is 20.3 Å². The number of hydrogen-bond acceptors (Lipinski definition) is 4. The quantitative estimate of drug-likeness (QED) is 0.886. The second kappa shape index (κ2) is 5.60. The number of pyridine rings is 2. The second-order valence-corrected chi connectivity index (χ2v) is 6.11. The molecular weight excluding hydrogens is 332 g/mol. The highest BCUT2D eigenvalue weighted by molar-refractivity contribution is 9.10. The lowest BCUT2D eigenvalue weighted by Gasteiger charge is -2.10. The van der Waals surface area contributed by atoms with Gasteiger partial charge in [-0.25, -0.2) is 9.97 Å². The average molecular weight is 351 g/mol. The lowest BCUT2D eigenvalue weighted by atomic mass is 10.2. The summed E-state index contributed by atoms with van der Waals surface area (Å²) < 4.78 is 16.0. The summed E-state index contributed by atoms with van der Waals surface area (Å²) in [7, 11) is 0. The first-order chi connectivity index (χ1) is 10.7. The van der Waals surface area contributed by atoms with Gasteiger partial charge in [0, 0.05) is 42.8 Å². The third-order valence-electron chi connectivity index (χ3n) is 3.66. The van der Waals surface area contributed by atoms with Gasteiger partial charge in [-0.2, -0.15) is 0 Å². The van der Waals surface area contributed by atoms with Crippen LogP contribution in [0.4, 0.5) is 11.6 Å². The van der Waals surface area contributed by atoms with Crippen LogP contribution in [0.2, 0.25) is 0 Å². The van der Waals surface area contributed by atoms with E-state index in [9.17, 15) is 4.79 Å². The van der Waals surface area contributed by atoms with Crippen LogP contribution in [0.25, 0.3) is 10.8 Å². The van der Waals surface area contributed by atoms with Crippen molar-refractivity contribution >= 4 is 44.2 Å². The van der Waals surface area contributed by atoms with Gasteiger partial charge < -0.3 is 10.6 Å². The van der Waals surface area contributed by atoms with E-state index in [1.807, 2.05) is 0 Å². The molecule has 21 heavy (non-hydrogen) atoms. The molecule has 0 aliphatic heterocycles. The maximum absolute atomic E-state index is 12.0. The van der Waals surface area contributed by atoms with E-state index in [0.29, 0.717) is 22.9 Å². The number of hydrogen-bond donors (Lipinski definition) is 2. The van der Waals surface area contributed by atoms with E-state index in [1.165, 1.54) is 6.92 Å². The zero-order valence-electron chi connectivity index (χ0n) is 13.8. The molecule has 1 amide bonds. The number of anilines is 2. The summed E-state index contributed by atoms with van der Waals surface area (Å²) in [6.45, 7) is 1.88. The lowest BCUT2D eigenvalue weighted by molar-refractivity contribution is -0.117. The molecule has 1 aliphatic carbocycles. The number of nitrogens with zero attached hydrogens (tertiary/aromatic N) is 2. The molecule has 0 saturated heterocycles. The van der Waals surface area contributed by atoms with Gasteiger partial charge in [0.1, 0.15) is 11.6 Å². The molecule has 6 heteroatoms. The summed E-state index contributed by atoms with van der Waals surface area (Å²) in [5.41, 5.74) is 0. The van der Waals surface area contributed by atoms with Crippen molar-refractivity contribution in [2.75, 3.05) is 17.1 Å². The van der Waals surface area contributed by atoms with Gasteiger partial charge in [-0.05, 0) is 41.3 Å². The molecule has 2 atom stereocenters. The van der Waals surface area contributed by atoms with Gasteiger partial charge in [0.15, 0.2) is 0 Å². The van der Waals surface area contributed by atoms with Crippen molar-refractivity contribution in [1.82, 2.24) is 9.97 Å². The Balaban J connectivity index is 1.93. The van der Waals surface area contributed by atoms with E-state index in [4.69, 9.17) is 2.74 Å². The number of amides is 1. The Kier molecular flexibility index (Phi) is 3.18. The first kappa shape index (κ1) is 11.9. The molecular formula is C15H17BrN4O. The molecule has 1 fully saturated rings. The van der Waals surface area contributed by atoms with Crippen LogP contribution in [0.1, 0.15) is 23.0 Å². The zero-order valence-corrected chi connectivity index (χ0v) is 13.4. The number of carbonyl (C=O) groups excluding carboxylic acids is 1. The Labute approximate surface area is 134 Å². The maximum Gasteiger partial charge on any atom is 0.228 e. The van der Waals surface area contributed by atoms with Crippen molar-refractivity contribution in [3.63, 3.8) is 0 Å². The molecule has 0 spiro atoms. The highest BCUT2D eigenvalue weighted by Crippen LogP contribution is 2.38. The molecule has 2 aromatic heterocycles. The molecule has 5 nitrogen and oxygen atoms in total. The number of halogens is 1. The third kappa shape index (κ3) is 2.85. The van der Waals surface area contributed by atoms with E-state index in [-0.39, 0.29) is 11.8 Å². The molecule has 2 aromatic rings. The summed E-state index contributed by atoms with van der Waals surface area (Å²) in [4.78, 5) is 20.5. The van der Waals surface area contributed by atoms with Crippen LogP contribution >= 0.6 is 15.9 Å². The van der Waals surface area contributed by atoms with Crippen LogP contribution in [-0.4, -0.2) is 22.4 Å². The smallest absolute Gasteiger partial charge is 0.228 e. The summed E-state index contributed by atoms with van der Waals surface area (Å²) >= 11 is 3.44. The first-order valence-electron chi connectivity index (χ1n) is 7.78. The van der Waals surface area contributed by atoms with Gasteiger partial charge in [-0.15, -0.1) is 0 Å². The molecule has 2 N–H and O–H groups in total. The Hall–Kier alpha value is -1.69. The van der Waals surface area contributed by atoms with Crippen LogP contribution in [0.5, 0.6) is 0 Å². The van der Waals surface area contributed by atoms with Gasteiger partial charge in [-0.3, -0.25) is 4.79 Å². The van der Waals surface area contributed by atoms with Crippen LogP contribution in [-0.2, 0) is 4.79 Å². The minimum Gasteiger partial charge on any atom is -0.370 e. The fourth-order valence-electron chi connectivity index (χ4n) is 2.29. The Morgan fingerprint density at radius 1 is 1.48 bits per heavy atom. The van der Waals surface area contributed by atoms with Gasteiger partial charge in [-0.1, -0.05) is 6.92 Å². The maximum atomic E-state index is 12.0. The molecule has 0 bridgehead atoms. The van der Waals surface area contributed by atoms with Crippen molar-refractivity contribution in [2.24, 2.45) is 11.8 Å². The van der Waals surface area contributed by atoms with Gasteiger partial charge >= 0.3 is 0 Å². The van der Waals surface area contributed by atoms with Crippen LogP contribution in [0.3, 0.4) is 0 Å². The fraction of sp³-hybridized carbons (Fsp3) is 0.400. The normalized spacial score (nSPS) is 22.4. The van der Waals surface area contributed by atoms with Crippen molar-refractivity contribution in [3.05, 3.63) is 22.9 Å². The van der Waals surface area contributed by atoms with Gasteiger partial charge in [0.05, 0.1) is 0 Å². The average Bonchev–Trinajstić information content (AvgIpc) is 3.18. The number of rotatable bonds is 4. The molecule has 1 aliphatic rings. The monoisotopic (exact) mass is 350 g/mol. The van der Waals surface area contributed by atoms with Crippen molar-refractivity contribution < 1.29 is 7.54 Å². The van der Waals surface area contributed by atoms with Crippen LogP contribution < -0.4 is 10.6 Å². The summed E-state index contributed by atoms with van der Waals surface area (Å²) in [6.07, 6.45) is 4.12. The number of carbonyl (C=O) groups is 1. The standard InChI is InChI=1S/C15H17BrN4O/c1-3-17-14-11-6-18-13(5-10(11)12(16)7-19-14)20-15(21)9-4-8(9)2/h5-9H,3-4H2,1-2H3,(H,17,19)(H,18,20,21)/i3D2. The van der Waals surface area contributed by atoms with E-state index in [2.05, 4.69) is 43.5 Å². The van der Waals surface area contributed by atoms with Gasteiger partial charge in [0.25, 0.3) is 0 Å². The highest BCUT2D eigenvalue weighted by atomic mass is 79.9. The lowest BCUT2D eigenvalue weighted by Crippen LogP contribution is -2.15. The predicted molar refractivity (Wildman–Crippen MR) is 87.3 cm³/mol. The van der Waals surface area contributed by atoms with Crippen molar-refractivity contribution in [3.8, 4) is 0 Å². The zero-order chi connectivity index (χ0) is 16.8. The van der Waals surface area contributed by atoms with E-state index in [0.717, 1.165) is 16.3 Å². The molecule has 0 radical (unpaired) electrons. The largest absolute Gasteiger partial charge is 0.370 e. The van der Waals surface area contributed by atoms with Gasteiger partial charge in [0.2, 0.25) is 5.91 Å². The van der Waals surface area contributed by atoms with E-state index < -0.39 is 6.50 Å². The number of nitrogens with one attached hydrogen (secondary N) is 2. The van der Waals surface area contributed by atoms with Crippen LogP contribution in [0.15, 0.2) is 22.9 Å². The van der Waals surface area contributed by atoms with E-state index in [1.54, 1.807) is 18.5 Å². The summed E-state index contributed by atoms with van der Waals surface area (Å²) in [5, 5.41) is 7.04. The molecule has 0 aromatic carbocycles. The SMILES string of the molecule is [2H]C([2H])(C)Nc1ncc(Br)c2cc(NC(=O)C3CC3C)ncc12. The minimum atomic E-state index is -1.59. The van der Waals surface area contributed by atoms with E-state index >= 15 is 0 Å². The number of fused-ring (bicyclic) bond motifs is 1. The minimum absolute atomic E-state index is 0.00207. The Morgan fingerprint density at radius 3 is 2.90 bits per heavy atom. The Bertz CT molecular complexity index is 778. The predicted octanol–water partition coefficient (Wildman–Crippen LogP) is 3.42. The van der Waals surface area contributed by atoms with Crippen LogP contribution in [0, 0.1) is 11.8 Å². The molecule has 2 heterocycles. The molecule has 2 unspecified atom stereocenters.